The van der Waals surface area contributed by atoms with E-state index in [9.17, 15) is 9.59 Å². The van der Waals surface area contributed by atoms with Crippen molar-refractivity contribution in [2.75, 3.05) is 0 Å². The molecule has 43 heavy (non-hydrogen) atoms. The van der Waals surface area contributed by atoms with Crippen LogP contribution in [0.3, 0.4) is 0 Å². The lowest BCUT2D eigenvalue weighted by atomic mass is 9.98. The van der Waals surface area contributed by atoms with Gasteiger partial charge in [-0.05, 0) is 126 Å². The molecule has 0 fully saturated rings. The van der Waals surface area contributed by atoms with Crippen LogP contribution in [0.15, 0.2) is 24.3 Å². The molecule has 0 saturated carbocycles. The maximum Gasteiger partial charge on any atom is 0.250 e. The van der Waals surface area contributed by atoms with E-state index in [1.165, 1.54) is 0 Å². The number of carbonyl (C=O) groups excluding carboxylic acids is 2. The molecule has 0 aromatic heterocycles. The number of aryl methyl sites for hydroxylation is 3. The first-order valence-corrected chi connectivity index (χ1v) is 20.6. The molecule has 2 rings (SSSR count). The number of carbonyl (C=O) groups is 2. The molecule has 6 heteroatoms. The average Bonchev–Trinajstić information content (AvgIpc) is 2.76. The molecule has 0 aliphatic heterocycles. The van der Waals surface area contributed by atoms with Crippen molar-refractivity contribution in [3.8, 4) is 35.7 Å². The summed E-state index contributed by atoms with van der Waals surface area (Å²) in [5.41, 5.74) is 5.21. The highest BCUT2D eigenvalue weighted by Gasteiger charge is 2.40. The van der Waals surface area contributed by atoms with Crippen LogP contribution in [-0.4, -0.2) is 28.2 Å². The second-order valence-corrected chi connectivity index (χ2v) is 23.5. The van der Waals surface area contributed by atoms with Crippen molar-refractivity contribution in [2.24, 2.45) is 0 Å². The van der Waals surface area contributed by atoms with Gasteiger partial charge < -0.3 is 8.85 Å². The molecule has 0 unspecified atom stereocenters. The number of terminal acetylenes is 1. The third kappa shape index (κ3) is 11.5. The third-order valence-corrected chi connectivity index (χ3v) is 16.9. The Balaban J connectivity index is 0.000000754. The Bertz CT molecular complexity index is 1380. The van der Waals surface area contributed by atoms with Gasteiger partial charge in [-0.1, -0.05) is 47.5 Å². The van der Waals surface area contributed by atoms with Crippen LogP contribution < -0.4 is 8.85 Å². The first-order valence-electron chi connectivity index (χ1n) is 14.8. The van der Waals surface area contributed by atoms with Crippen molar-refractivity contribution < 1.29 is 18.4 Å². The molecule has 0 amide bonds. The van der Waals surface area contributed by atoms with Gasteiger partial charge in [0, 0.05) is 16.7 Å². The highest BCUT2D eigenvalue weighted by atomic mass is 28.4. The number of hydrogen-bond acceptors (Lipinski definition) is 4. The Labute approximate surface area is 265 Å². The zero-order valence-electron chi connectivity index (χ0n) is 30.0. The van der Waals surface area contributed by atoms with Gasteiger partial charge in [0.15, 0.2) is 11.6 Å². The lowest BCUT2D eigenvalue weighted by molar-refractivity contribution is 0.100. The lowest BCUT2D eigenvalue weighted by Crippen LogP contribution is -2.43. The van der Waals surface area contributed by atoms with Crippen LogP contribution in [0.2, 0.25) is 36.3 Å². The van der Waals surface area contributed by atoms with Crippen molar-refractivity contribution in [2.45, 2.75) is 126 Å². The van der Waals surface area contributed by atoms with Gasteiger partial charge in [-0.15, -0.1) is 18.3 Å². The minimum absolute atomic E-state index is 0.0455. The summed E-state index contributed by atoms with van der Waals surface area (Å²) in [6, 6.07) is 7.84. The van der Waals surface area contributed by atoms with E-state index in [-0.39, 0.29) is 21.6 Å². The molecule has 2 aromatic rings. The fourth-order valence-corrected chi connectivity index (χ4v) is 5.97. The van der Waals surface area contributed by atoms with E-state index in [2.05, 4.69) is 91.9 Å². The molecule has 0 bridgehead atoms. The minimum Gasteiger partial charge on any atom is -0.543 e. The summed E-state index contributed by atoms with van der Waals surface area (Å²) in [6.45, 7) is 34.7. The highest BCUT2D eigenvalue weighted by Crippen LogP contribution is 2.39. The van der Waals surface area contributed by atoms with Gasteiger partial charge in [0.05, 0.1) is 0 Å². The van der Waals surface area contributed by atoms with Gasteiger partial charge in [0.2, 0.25) is 16.6 Å². The molecule has 0 N–H and O–H groups in total. The summed E-state index contributed by atoms with van der Waals surface area (Å²) in [6.07, 6.45) is 4.60. The smallest absolute Gasteiger partial charge is 0.250 e. The third-order valence-electron chi connectivity index (χ3n) is 8.14. The fourth-order valence-electron chi connectivity index (χ4n) is 3.95. The summed E-state index contributed by atoms with van der Waals surface area (Å²) >= 11 is 0. The maximum atomic E-state index is 11.8. The summed E-state index contributed by atoms with van der Waals surface area (Å²) in [5.74, 6) is 10.0. The quantitative estimate of drug-likeness (QED) is 0.183. The monoisotopic (exact) mass is 620 g/mol. The molecule has 0 heterocycles. The van der Waals surface area contributed by atoms with E-state index in [1.54, 1.807) is 27.7 Å². The first-order chi connectivity index (χ1) is 19.4. The van der Waals surface area contributed by atoms with Crippen LogP contribution in [0.5, 0.6) is 11.5 Å². The van der Waals surface area contributed by atoms with E-state index in [0.717, 1.165) is 39.3 Å². The van der Waals surface area contributed by atoms with Crippen molar-refractivity contribution in [3.05, 3.63) is 57.6 Å². The van der Waals surface area contributed by atoms with Crippen LogP contribution in [0, 0.1) is 45.0 Å². The zero-order valence-corrected chi connectivity index (χ0v) is 32.0. The summed E-state index contributed by atoms with van der Waals surface area (Å²) in [4.78, 5) is 23.4. The predicted octanol–water partition coefficient (Wildman–Crippen LogP) is 10.5. The van der Waals surface area contributed by atoms with Gasteiger partial charge in [0.25, 0.3) is 0 Å². The number of benzene rings is 2. The maximum absolute atomic E-state index is 11.8. The zero-order chi connectivity index (χ0) is 34.1. The van der Waals surface area contributed by atoms with E-state index >= 15 is 0 Å². The topological polar surface area (TPSA) is 52.6 Å². The average molecular weight is 621 g/mol. The minimum atomic E-state index is -1.89. The SMILES string of the molecule is C#CC.CC#Cc1cc(O[Si](C)(C)C(C)(C)C)cc(C)c1C(C)=O.CC(=O)c1c(C)cc(O[Si](C)(C)C(C)(C)C)cc1C. The molecule has 0 spiro atoms. The standard InChI is InChI=1S/C18H26O2Si.C16H26O2Si.C3H4/c1-9-10-15-12-16(11-13(2)17(15)14(3)19)20-21(7,8)18(4,5)6;1-11-9-14(10-12(2)15(11)13(3)17)18-19(7,8)16(4,5)6;1-3-2/h11-12H,1-8H3;9-10H,1-8H3;1H,2H3. The summed E-state index contributed by atoms with van der Waals surface area (Å²) in [7, 11) is -3.71. The van der Waals surface area contributed by atoms with Gasteiger partial charge in [-0.25, -0.2) is 0 Å². The number of Topliss-reactive ketones (excluding diaryl/α,β-unsaturated/α-hetero) is 2. The first kappa shape index (κ1) is 39.9. The Kier molecular flexibility index (Phi) is 14.5. The van der Waals surface area contributed by atoms with Gasteiger partial charge in [-0.2, -0.15) is 0 Å². The largest absolute Gasteiger partial charge is 0.543 e. The second-order valence-electron chi connectivity index (χ2n) is 14.1. The summed E-state index contributed by atoms with van der Waals surface area (Å²) < 4.78 is 12.6. The molecular formula is C37H56O4Si2. The lowest BCUT2D eigenvalue weighted by Gasteiger charge is -2.36. The normalized spacial score (nSPS) is 11.3. The highest BCUT2D eigenvalue weighted by molar-refractivity contribution is 6.75. The van der Waals surface area contributed by atoms with Gasteiger partial charge in [0.1, 0.15) is 11.5 Å². The Morgan fingerprint density at radius 1 is 0.674 bits per heavy atom. The molecule has 236 valence electrons. The molecule has 0 saturated heterocycles. The second kappa shape index (κ2) is 15.6. The van der Waals surface area contributed by atoms with Crippen LogP contribution in [0.25, 0.3) is 0 Å². The van der Waals surface area contributed by atoms with Crippen LogP contribution >= 0.6 is 0 Å². The van der Waals surface area contributed by atoms with Gasteiger partial charge in [-0.3, -0.25) is 9.59 Å². The van der Waals surface area contributed by atoms with E-state index in [4.69, 9.17) is 8.85 Å². The van der Waals surface area contributed by atoms with Crippen LogP contribution in [0.1, 0.15) is 112 Å². The van der Waals surface area contributed by atoms with Crippen LogP contribution in [0.4, 0.5) is 0 Å². The molecule has 0 atom stereocenters. The van der Waals surface area contributed by atoms with E-state index in [0.29, 0.717) is 5.56 Å². The molecular weight excluding hydrogens is 565 g/mol. The Morgan fingerprint density at radius 3 is 1.26 bits per heavy atom. The van der Waals surface area contributed by atoms with Crippen molar-refractivity contribution in [1.29, 1.82) is 0 Å². The molecule has 0 aliphatic rings. The number of hydrogen-bond donors (Lipinski definition) is 0. The van der Waals surface area contributed by atoms with E-state index < -0.39 is 16.6 Å². The fraction of sp³-hybridized carbons (Fsp3) is 0.514. The van der Waals surface area contributed by atoms with E-state index in [1.807, 2.05) is 45.0 Å². The summed E-state index contributed by atoms with van der Waals surface area (Å²) in [5, 5.41) is 0.310. The predicted molar refractivity (Wildman–Crippen MR) is 190 cm³/mol. The molecule has 2 aromatic carbocycles. The molecule has 4 nitrogen and oxygen atoms in total. The van der Waals surface area contributed by atoms with Crippen LogP contribution in [-0.2, 0) is 0 Å². The number of ketones is 2. The van der Waals surface area contributed by atoms with Gasteiger partial charge >= 0.3 is 0 Å². The van der Waals surface area contributed by atoms with Crippen molar-refractivity contribution in [3.63, 3.8) is 0 Å². The van der Waals surface area contributed by atoms with Crippen molar-refractivity contribution >= 4 is 28.2 Å². The van der Waals surface area contributed by atoms with Crippen molar-refractivity contribution in [1.82, 2.24) is 0 Å². The Hall–Kier alpha value is -3.07. The molecule has 0 aliphatic carbocycles. The number of rotatable bonds is 6. The Morgan fingerprint density at radius 2 is 0.977 bits per heavy atom. The molecule has 0 radical (unpaired) electrons.